The summed E-state index contributed by atoms with van der Waals surface area (Å²) in [4.78, 5) is 4.75. The lowest BCUT2D eigenvalue weighted by Crippen LogP contribution is -2.39. The van der Waals surface area contributed by atoms with Gasteiger partial charge in [0.15, 0.2) is 0 Å². The summed E-state index contributed by atoms with van der Waals surface area (Å²) in [5.41, 5.74) is 0.277. The lowest BCUT2D eigenvalue weighted by molar-refractivity contribution is 0.165. The van der Waals surface area contributed by atoms with E-state index < -0.39 is 0 Å². The monoisotopic (exact) mass is 214 g/mol. The number of hydrogen-bond donors (Lipinski definition) is 1. The van der Waals surface area contributed by atoms with Crippen LogP contribution in [0.2, 0.25) is 0 Å². The largest absolute Gasteiger partial charge is 0.396 e. The number of aliphatic hydroxyl groups is 1. The minimum absolute atomic E-state index is 0.277. The third kappa shape index (κ3) is 3.74. The fourth-order valence-corrected chi connectivity index (χ4v) is 2.55. The number of nitrogens with zero attached hydrogens (tertiary/aromatic N) is 2. The van der Waals surface area contributed by atoms with Gasteiger partial charge in [-0.15, -0.1) is 0 Å². The number of hydrogen-bond acceptors (Lipinski definition) is 3. The van der Waals surface area contributed by atoms with Gasteiger partial charge >= 0.3 is 0 Å². The summed E-state index contributed by atoms with van der Waals surface area (Å²) in [6.45, 7) is 8.29. The first-order valence-electron chi connectivity index (χ1n) is 5.96. The first kappa shape index (κ1) is 12.9. The van der Waals surface area contributed by atoms with E-state index in [0.717, 1.165) is 26.1 Å². The molecule has 0 saturated carbocycles. The standard InChI is InChI=1S/C12H26N2O/c1-12(2)8-11(10-15)9-14(12)7-5-6-13(3)4/h11,15H,5-10H2,1-4H3. The summed E-state index contributed by atoms with van der Waals surface area (Å²) < 4.78 is 0. The lowest BCUT2D eigenvalue weighted by Gasteiger charge is -2.31. The molecule has 1 unspecified atom stereocenters. The molecule has 90 valence electrons. The second kappa shape index (κ2) is 5.28. The molecule has 0 amide bonds. The van der Waals surface area contributed by atoms with Crippen molar-refractivity contribution < 1.29 is 5.11 Å². The van der Waals surface area contributed by atoms with Gasteiger partial charge in [-0.25, -0.2) is 0 Å². The van der Waals surface area contributed by atoms with Gasteiger partial charge in [0, 0.05) is 18.7 Å². The molecule has 1 saturated heterocycles. The van der Waals surface area contributed by atoms with Gasteiger partial charge in [0.25, 0.3) is 0 Å². The van der Waals surface area contributed by atoms with Crippen LogP contribution in [0.1, 0.15) is 26.7 Å². The Morgan fingerprint density at radius 1 is 1.40 bits per heavy atom. The minimum atomic E-state index is 0.277. The van der Waals surface area contributed by atoms with E-state index in [4.69, 9.17) is 0 Å². The van der Waals surface area contributed by atoms with Crippen molar-refractivity contribution in [2.75, 3.05) is 40.3 Å². The highest BCUT2D eigenvalue weighted by Crippen LogP contribution is 2.32. The van der Waals surface area contributed by atoms with Crippen molar-refractivity contribution in [3.05, 3.63) is 0 Å². The van der Waals surface area contributed by atoms with Gasteiger partial charge in [-0.1, -0.05) is 0 Å². The highest BCUT2D eigenvalue weighted by molar-refractivity contribution is 4.92. The first-order valence-corrected chi connectivity index (χ1v) is 5.96. The van der Waals surface area contributed by atoms with Gasteiger partial charge in [-0.05, 0) is 59.8 Å². The van der Waals surface area contributed by atoms with Gasteiger partial charge in [0.1, 0.15) is 0 Å². The topological polar surface area (TPSA) is 26.7 Å². The summed E-state index contributed by atoms with van der Waals surface area (Å²) >= 11 is 0. The Labute approximate surface area is 94.1 Å². The highest BCUT2D eigenvalue weighted by atomic mass is 16.3. The molecule has 15 heavy (non-hydrogen) atoms. The molecule has 3 nitrogen and oxygen atoms in total. The average Bonchev–Trinajstić information content (AvgIpc) is 2.41. The zero-order valence-electron chi connectivity index (χ0n) is 10.7. The number of likely N-dealkylation sites (tertiary alicyclic amines) is 1. The molecule has 0 spiro atoms. The smallest absolute Gasteiger partial charge is 0.0472 e. The van der Waals surface area contributed by atoms with Crippen LogP contribution >= 0.6 is 0 Å². The van der Waals surface area contributed by atoms with Gasteiger partial charge in [0.2, 0.25) is 0 Å². The fraction of sp³-hybridized carbons (Fsp3) is 1.00. The minimum Gasteiger partial charge on any atom is -0.396 e. The molecule has 0 radical (unpaired) electrons. The molecule has 0 bridgehead atoms. The van der Waals surface area contributed by atoms with E-state index in [1.165, 1.54) is 6.42 Å². The lowest BCUT2D eigenvalue weighted by atomic mass is 9.97. The predicted octanol–water partition coefficient (Wildman–Crippen LogP) is 1.03. The number of aliphatic hydroxyl groups excluding tert-OH is 1. The normalized spacial score (nSPS) is 26.4. The van der Waals surface area contributed by atoms with Crippen LogP contribution in [0.3, 0.4) is 0 Å². The van der Waals surface area contributed by atoms with Crippen molar-refractivity contribution in [2.24, 2.45) is 5.92 Å². The van der Waals surface area contributed by atoms with E-state index in [0.29, 0.717) is 12.5 Å². The maximum absolute atomic E-state index is 9.19. The van der Waals surface area contributed by atoms with Crippen LogP contribution in [-0.2, 0) is 0 Å². The summed E-state index contributed by atoms with van der Waals surface area (Å²) in [5.74, 6) is 0.486. The zero-order valence-corrected chi connectivity index (χ0v) is 10.7. The zero-order chi connectivity index (χ0) is 11.5. The molecule has 1 fully saturated rings. The molecule has 1 N–H and O–H groups in total. The van der Waals surface area contributed by atoms with Crippen molar-refractivity contribution >= 4 is 0 Å². The van der Waals surface area contributed by atoms with E-state index in [1.807, 2.05) is 0 Å². The molecule has 1 rings (SSSR count). The molecule has 0 aromatic rings. The Bertz CT molecular complexity index is 192. The van der Waals surface area contributed by atoms with E-state index in [1.54, 1.807) is 0 Å². The molecular formula is C12H26N2O. The van der Waals surface area contributed by atoms with Gasteiger partial charge in [-0.3, -0.25) is 4.90 Å². The second-order valence-electron chi connectivity index (χ2n) is 5.67. The molecule has 0 aromatic carbocycles. The van der Waals surface area contributed by atoms with Crippen LogP contribution < -0.4 is 0 Å². The fourth-order valence-electron chi connectivity index (χ4n) is 2.55. The Kier molecular flexibility index (Phi) is 4.56. The third-order valence-corrected chi connectivity index (χ3v) is 3.41. The van der Waals surface area contributed by atoms with Crippen molar-refractivity contribution in [3.63, 3.8) is 0 Å². The maximum atomic E-state index is 9.19. The van der Waals surface area contributed by atoms with Crippen LogP contribution in [0.4, 0.5) is 0 Å². The Hall–Kier alpha value is -0.120. The highest BCUT2D eigenvalue weighted by Gasteiger charge is 2.37. The molecule has 1 atom stereocenters. The van der Waals surface area contributed by atoms with Gasteiger partial charge in [0.05, 0.1) is 0 Å². The molecule has 0 aromatic heterocycles. The van der Waals surface area contributed by atoms with E-state index in [-0.39, 0.29) is 5.54 Å². The van der Waals surface area contributed by atoms with Crippen LogP contribution in [0.5, 0.6) is 0 Å². The number of rotatable bonds is 5. The van der Waals surface area contributed by atoms with Gasteiger partial charge in [-0.2, -0.15) is 0 Å². The van der Waals surface area contributed by atoms with Crippen molar-refractivity contribution in [2.45, 2.75) is 32.2 Å². The van der Waals surface area contributed by atoms with Gasteiger partial charge < -0.3 is 10.0 Å². The van der Waals surface area contributed by atoms with Crippen LogP contribution in [0.15, 0.2) is 0 Å². The predicted molar refractivity (Wildman–Crippen MR) is 64.0 cm³/mol. The SMILES string of the molecule is CN(C)CCCN1CC(CO)CC1(C)C. The molecule has 3 heteroatoms. The molecule has 1 heterocycles. The maximum Gasteiger partial charge on any atom is 0.0472 e. The first-order chi connectivity index (χ1) is 6.95. The summed E-state index contributed by atoms with van der Waals surface area (Å²) in [6, 6.07) is 0. The summed E-state index contributed by atoms with van der Waals surface area (Å²) in [5, 5.41) is 9.19. The Morgan fingerprint density at radius 2 is 2.07 bits per heavy atom. The average molecular weight is 214 g/mol. The van der Waals surface area contributed by atoms with Crippen LogP contribution in [0, 0.1) is 5.92 Å². The summed E-state index contributed by atoms with van der Waals surface area (Å²) in [7, 11) is 4.23. The van der Waals surface area contributed by atoms with Crippen LogP contribution in [0.25, 0.3) is 0 Å². The molecule has 1 aliphatic heterocycles. The molecule has 1 aliphatic rings. The van der Waals surface area contributed by atoms with E-state index >= 15 is 0 Å². The molecule has 0 aliphatic carbocycles. The quantitative estimate of drug-likeness (QED) is 0.740. The third-order valence-electron chi connectivity index (χ3n) is 3.41. The van der Waals surface area contributed by atoms with E-state index in [2.05, 4.69) is 37.7 Å². The Balaban J connectivity index is 2.34. The van der Waals surface area contributed by atoms with Crippen molar-refractivity contribution in [1.82, 2.24) is 9.80 Å². The second-order valence-corrected chi connectivity index (χ2v) is 5.67. The van der Waals surface area contributed by atoms with Crippen molar-refractivity contribution in [3.8, 4) is 0 Å². The van der Waals surface area contributed by atoms with Crippen LogP contribution in [-0.4, -0.2) is 60.8 Å². The summed E-state index contributed by atoms with van der Waals surface area (Å²) in [6.07, 6.45) is 2.35. The molecular weight excluding hydrogens is 188 g/mol. The van der Waals surface area contributed by atoms with E-state index in [9.17, 15) is 5.11 Å². The van der Waals surface area contributed by atoms with Crippen molar-refractivity contribution in [1.29, 1.82) is 0 Å². The Morgan fingerprint density at radius 3 is 2.53 bits per heavy atom.